The Morgan fingerprint density at radius 1 is 0.900 bits per heavy atom. The highest BCUT2D eigenvalue weighted by atomic mass is 35.5. The summed E-state index contributed by atoms with van der Waals surface area (Å²) in [5.74, 6) is 0.870. The van der Waals surface area contributed by atoms with Crippen LogP contribution in [0.2, 0.25) is 0 Å². The molecule has 3 nitrogen and oxygen atoms in total. The van der Waals surface area contributed by atoms with E-state index < -0.39 is 0 Å². The number of aliphatic hydroxyl groups excluding tert-OH is 1. The van der Waals surface area contributed by atoms with Crippen molar-refractivity contribution in [2.75, 3.05) is 13.2 Å². The van der Waals surface area contributed by atoms with Gasteiger partial charge in [0, 0.05) is 13.1 Å². The lowest BCUT2D eigenvalue weighted by atomic mass is 10.2. The Bertz CT molecular complexity index is 474. The zero-order chi connectivity index (χ0) is 13.3. The Morgan fingerprint density at radius 3 is 2.25 bits per heavy atom. The van der Waals surface area contributed by atoms with Crippen molar-refractivity contribution in [2.45, 2.75) is 13.2 Å². The first kappa shape index (κ1) is 16.5. The van der Waals surface area contributed by atoms with Crippen molar-refractivity contribution in [3.05, 3.63) is 65.7 Å². The van der Waals surface area contributed by atoms with Crippen LogP contribution in [-0.2, 0) is 13.2 Å². The minimum absolute atomic E-state index is 0. The van der Waals surface area contributed by atoms with Gasteiger partial charge < -0.3 is 15.2 Å². The number of hydrogen-bond acceptors (Lipinski definition) is 3. The summed E-state index contributed by atoms with van der Waals surface area (Å²) in [7, 11) is 0. The monoisotopic (exact) mass is 293 g/mol. The predicted octanol–water partition coefficient (Wildman–Crippen LogP) is 2.77. The third-order valence-corrected chi connectivity index (χ3v) is 2.79. The summed E-state index contributed by atoms with van der Waals surface area (Å²) < 4.78 is 5.71. The maximum atomic E-state index is 8.68. The third kappa shape index (κ3) is 5.61. The van der Waals surface area contributed by atoms with Gasteiger partial charge in [-0.25, -0.2) is 0 Å². The van der Waals surface area contributed by atoms with Gasteiger partial charge in [-0.1, -0.05) is 42.5 Å². The van der Waals surface area contributed by atoms with Gasteiger partial charge in [0.15, 0.2) is 0 Å². The van der Waals surface area contributed by atoms with Crippen LogP contribution < -0.4 is 10.1 Å². The largest absolute Gasteiger partial charge is 0.489 e. The van der Waals surface area contributed by atoms with Crippen molar-refractivity contribution in [3.63, 3.8) is 0 Å². The predicted molar refractivity (Wildman–Crippen MR) is 83.3 cm³/mol. The lowest BCUT2D eigenvalue weighted by Crippen LogP contribution is -2.17. The lowest BCUT2D eigenvalue weighted by Gasteiger charge is -2.08. The fourth-order valence-electron chi connectivity index (χ4n) is 1.76. The fraction of sp³-hybridized carbons (Fsp3) is 0.250. The number of halogens is 1. The van der Waals surface area contributed by atoms with E-state index in [0.717, 1.165) is 17.9 Å². The van der Waals surface area contributed by atoms with Gasteiger partial charge in [-0.2, -0.15) is 0 Å². The van der Waals surface area contributed by atoms with E-state index in [1.54, 1.807) is 0 Å². The fourth-order valence-corrected chi connectivity index (χ4v) is 1.76. The van der Waals surface area contributed by atoms with Gasteiger partial charge in [-0.3, -0.25) is 0 Å². The molecule has 0 radical (unpaired) electrons. The Morgan fingerprint density at radius 2 is 1.60 bits per heavy atom. The van der Waals surface area contributed by atoms with Crippen molar-refractivity contribution < 1.29 is 9.84 Å². The molecule has 20 heavy (non-hydrogen) atoms. The normalized spacial score (nSPS) is 9.85. The molecule has 0 fully saturated rings. The van der Waals surface area contributed by atoms with Crippen LogP contribution in [0.4, 0.5) is 0 Å². The standard InChI is InChI=1S/C16H19NO2.ClH/c18-11-10-17-12-14-6-8-16(9-7-14)19-13-15-4-2-1-3-5-15;/h1-9,17-18H,10-13H2;1H. The van der Waals surface area contributed by atoms with E-state index in [-0.39, 0.29) is 19.0 Å². The van der Waals surface area contributed by atoms with Crippen LogP contribution in [0.15, 0.2) is 54.6 Å². The molecule has 0 heterocycles. The third-order valence-electron chi connectivity index (χ3n) is 2.79. The molecule has 2 rings (SSSR count). The SMILES string of the molecule is Cl.OCCNCc1ccc(OCc2ccccc2)cc1. The van der Waals surface area contributed by atoms with Gasteiger partial charge in [0.1, 0.15) is 12.4 Å². The summed E-state index contributed by atoms with van der Waals surface area (Å²) in [5, 5.41) is 11.8. The van der Waals surface area contributed by atoms with E-state index in [1.165, 1.54) is 5.56 Å². The molecule has 4 heteroatoms. The molecular weight excluding hydrogens is 274 g/mol. The van der Waals surface area contributed by atoms with Gasteiger partial charge in [0.05, 0.1) is 6.61 Å². The molecule has 108 valence electrons. The molecule has 0 aliphatic heterocycles. The van der Waals surface area contributed by atoms with E-state index in [9.17, 15) is 0 Å². The second-order valence-corrected chi connectivity index (χ2v) is 4.32. The van der Waals surface area contributed by atoms with Crippen LogP contribution in [0.5, 0.6) is 5.75 Å². The molecule has 2 N–H and O–H groups in total. The summed E-state index contributed by atoms with van der Waals surface area (Å²) in [6.45, 7) is 2.13. The number of nitrogens with one attached hydrogen (secondary N) is 1. The molecule has 2 aromatic carbocycles. The summed E-state index contributed by atoms with van der Waals surface area (Å²) >= 11 is 0. The van der Waals surface area contributed by atoms with Crippen molar-refractivity contribution in [3.8, 4) is 5.75 Å². The highest BCUT2D eigenvalue weighted by Crippen LogP contribution is 2.14. The molecule has 0 saturated carbocycles. The first-order valence-corrected chi connectivity index (χ1v) is 6.46. The Labute approximate surface area is 126 Å². The molecule has 0 aliphatic carbocycles. The van der Waals surface area contributed by atoms with E-state index in [2.05, 4.69) is 5.32 Å². The lowest BCUT2D eigenvalue weighted by molar-refractivity contribution is 0.292. The van der Waals surface area contributed by atoms with E-state index >= 15 is 0 Å². The van der Waals surface area contributed by atoms with Gasteiger partial charge in [0.2, 0.25) is 0 Å². The van der Waals surface area contributed by atoms with Gasteiger partial charge in [0.25, 0.3) is 0 Å². The second-order valence-electron chi connectivity index (χ2n) is 4.32. The number of aliphatic hydroxyl groups is 1. The number of benzene rings is 2. The van der Waals surface area contributed by atoms with Crippen molar-refractivity contribution >= 4 is 12.4 Å². The van der Waals surface area contributed by atoms with Crippen molar-refractivity contribution in [2.24, 2.45) is 0 Å². The van der Waals surface area contributed by atoms with Crippen molar-refractivity contribution in [1.82, 2.24) is 5.32 Å². The Kier molecular flexibility index (Phi) is 7.73. The molecular formula is C16H20ClNO2. The minimum Gasteiger partial charge on any atom is -0.489 e. The summed E-state index contributed by atoms with van der Waals surface area (Å²) in [4.78, 5) is 0. The Balaban J connectivity index is 0.00000200. The van der Waals surface area contributed by atoms with Gasteiger partial charge in [-0.15, -0.1) is 12.4 Å². The minimum atomic E-state index is 0. The average molecular weight is 294 g/mol. The molecule has 0 amide bonds. The average Bonchev–Trinajstić information content (AvgIpc) is 2.48. The topological polar surface area (TPSA) is 41.5 Å². The van der Waals surface area contributed by atoms with E-state index in [0.29, 0.717) is 13.2 Å². The highest BCUT2D eigenvalue weighted by Gasteiger charge is 1.97. The number of rotatable bonds is 7. The molecule has 0 saturated heterocycles. The highest BCUT2D eigenvalue weighted by molar-refractivity contribution is 5.85. The van der Waals surface area contributed by atoms with Gasteiger partial charge in [-0.05, 0) is 23.3 Å². The Hall–Kier alpha value is -1.55. The molecule has 0 aliphatic rings. The van der Waals surface area contributed by atoms with E-state index in [1.807, 2.05) is 54.6 Å². The first-order valence-electron chi connectivity index (χ1n) is 6.46. The summed E-state index contributed by atoms with van der Waals surface area (Å²) in [6, 6.07) is 18.1. The van der Waals surface area contributed by atoms with Crippen LogP contribution in [0.3, 0.4) is 0 Å². The number of ether oxygens (including phenoxy) is 1. The van der Waals surface area contributed by atoms with Crippen LogP contribution >= 0.6 is 12.4 Å². The maximum Gasteiger partial charge on any atom is 0.119 e. The molecule has 0 aromatic heterocycles. The summed E-state index contributed by atoms with van der Waals surface area (Å²) in [6.07, 6.45) is 0. The molecule has 0 bridgehead atoms. The first-order chi connectivity index (χ1) is 9.38. The molecule has 0 atom stereocenters. The molecule has 0 spiro atoms. The van der Waals surface area contributed by atoms with Crippen LogP contribution in [0.1, 0.15) is 11.1 Å². The summed E-state index contributed by atoms with van der Waals surface area (Å²) in [5.41, 5.74) is 2.34. The van der Waals surface area contributed by atoms with Crippen molar-refractivity contribution in [1.29, 1.82) is 0 Å². The van der Waals surface area contributed by atoms with E-state index in [4.69, 9.17) is 9.84 Å². The van der Waals surface area contributed by atoms with Crippen LogP contribution in [0.25, 0.3) is 0 Å². The zero-order valence-corrected chi connectivity index (χ0v) is 12.1. The van der Waals surface area contributed by atoms with Crippen LogP contribution in [-0.4, -0.2) is 18.3 Å². The van der Waals surface area contributed by atoms with Crippen LogP contribution in [0, 0.1) is 0 Å². The quantitative estimate of drug-likeness (QED) is 0.771. The molecule has 2 aromatic rings. The second kappa shape index (κ2) is 9.37. The number of hydrogen-bond donors (Lipinski definition) is 2. The zero-order valence-electron chi connectivity index (χ0n) is 11.3. The molecule has 0 unspecified atom stereocenters. The maximum absolute atomic E-state index is 8.68. The smallest absolute Gasteiger partial charge is 0.119 e. The van der Waals surface area contributed by atoms with Gasteiger partial charge >= 0.3 is 0 Å².